The van der Waals surface area contributed by atoms with E-state index in [1.165, 1.54) is 0 Å². The van der Waals surface area contributed by atoms with Crippen LogP contribution in [0.3, 0.4) is 0 Å². The Labute approximate surface area is 289 Å². The average molecular weight is 684 g/mol. The van der Waals surface area contributed by atoms with Gasteiger partial charge in [0.1, 0.15) is 5.75 Å². The van der Waals surface area contributed by atoms with Gasteiger partial charge in [-0.1, -0.05) is 6.92 Å². The zero-order valence-corrected chi connectivity index (χ0v) is 29.7. The van der Waals surface area contributed by atoms with Gasteiger partial charge in [-0.25, -0.2) is 4.79 Å². The predicted molar refractivity (Wildman–Crippen MR) is 188 cm³/mol. The van der Waals surface area contributed by atoms with Crippen LogP contribution >= 0.6 is 0 Å². The molecule has 2 aliphatic rings. The highest BCUT2D eigenvalue weighted by Crippen LogP contribution is 2.34. The number of amides is 4. The maximum absolute atomic E-state index is 14.4. The van der Waals surface area contributed by atoms with Gasteiger partial charge < -0.3 is 49.4 Å². The number of hydrogen-bond acceptors (Lipinski definition) is 9. The second kappa shape index (κ2) is 18.1. The molecule has 0 bridgehead atoms. The van der Waals surface area contributed by atoms with Gasteiger partial charge in [-0.3, -0.25) is 9.59 Å². The Morgan fingerprint density at radius 3 is 2.41 bits per heavy atom. The molecule has 2 aromatic carbocycles. The first-order valence-corrected chi connectivity index (χ1v) is 17.2. The fourth-order valence-electron chi connectivity index (χ4n) is 5.84. The van der Waals surface area contributed by atoms with Crippen molar-refractivity contribution in [3.63, 3.8) is 0 Å². The summed E-state index contributed by atoms with van der Waals surface area (Å²) < 4.78 is 23.4. The zero-order valence-electron chi connectivity index (χ0n) is 29.7. The Balaban J connectivity index is 1.55. The van der Waals surface area contributed by atoms with Gasteiger partial charge in [-0.15, -0.1) is 0 Å². The third-order valence-electron chi connectivity index (χ3n) is 8.82. The van der Waals surface area contributed by atoms with Crippen LogP contribution < -0.4 is 24.8 Å². The lowest BCUT2D eigenvalue weighted by atomic mass is 10.0. The molecule has 3 N–H and O–H groups in total. The quantitative estimate of drug-likeness (QED) is 0.326. The molecular weight excluding hydrogens is 630 g/mol. The molecule has 0 fully saturated rings. The van der Waals surface area contributed by atoms with E-state index in [1.807, 2.05) is 27.9 Å². The summed E-state index contributed by atoms with van der Waals surface area (Å²) in [5, 5.41) is 15.8. The highest BCUT2D eigenvalue weighted by molar-refractivity contribution is 6.02. The van der Waals surface area contributed by atoms with Crippen LogP contribution in [0.1, 0.15) is 63.2 Å². The van der Waals surface area contributed by atoms with Crippen molar-refractivity contribution in [1.82, 2.24) is 14.7 Å². The van der Waals surface area contributed by atoms with Crippen molar-refractivity contribution in [1.29, 1.82) is 0 Å². The highest BCUT2D eigenvalue weighted by atomic mass is 16.7. The van der Waals surface area contributed by atoms with Crippen molar-refractivity contribution in [2.45, 2.75) is 71.1 Å². The summed E-state index contributed by atoms with van der Waals surface area (Å²) in [6, 6.07) is 9.07. The fraction of sp³-hybridized carbons (Fsp3) is 0.583. The Morgan fingerprint density at radius 2 is 1.69 bits per heavy atom. The summed E-state index contributed by atoms with van der Waals surface area (Å²) in [4.78, 5) is 45.7. The molecule has 0 unspecified atom stereocenters. The molecule has 0 radical (unpaired) electrons. The number of nitrogens with zero attached hydrogens (tertiary/aromatic N) is 3. The van der Waals surface area contributed by atoms with Crippen LogP contribution in [0.2, 0.25) is 0 Å². The van der Waals surface area contributed by atoms with Gasteiger partial charge in [0, 0.05) is 56.5 Å². The predicted octanol–water partition coefficient (Wildman–Crippen LogP) is 4.66. The minimum atomic E-state index is -0.523. The van der Waals surface area contributed by atoms with Gasteiger partial charge in [-0.05, 0) is 90.5 Å². The molecule has 2 aromatic rings. The van der Waals surface area contributed by atoms with Crippen LogP contribution in [-0.2, 0) is 9.53 Å². The number of likely N-dealkylation sites (N-methyl/N-ethyl adjacent to an activating group) is 1. The standard InChI is InChI=1S/C36H53N5O8/c1-24-20-41(25(2)22-42)35(44)29-18-27(37-36(45)38-28-13-15-31-32(19-28)48-23-47-31)12-14-30(29)49-26(3)10-7-8-17-46-33(24)21-40(6)34(43)11-9-16-39(4)5/h12-15,18-19,24-26,33,42H,7-11,16-17,20-23H2,1-6H3,(H2,37,38,45)/t24-,25+,26+,33+/m1/s1. The van der Waals surface area contributed by atoms with E-state index >= 15 is 0 Å². The molecule has 49 heavy (non-hydrogen) atoms. The summed E-state index contributed by atoms with van der Waals surface area (Å²) in [6.07, 6.45) is 3.13. The fourth-order valence-corrected chi connectivity index (χ4v) is 5.84. The van der Waals surface area contributed by atoms with Gasteiger partial charge >= 0.3 is 6.03 Å². The Bertz CT molecular complexity index is 1420. The number of carbonyl (C=O) groups excluding carboxylic acids is 3. The summed E-state index contributed by atoms with van der Waals surface area (Å²) in [7, 11) is 5.77. The van der Waals surface area contributed by atoms with E-state index in [9.17, 15) is 19.5 Å². The van der Waals surface area contributed by atoms with E-state index in [4.69, 9.17) is 18.9 Å². The summed E-state index contributed by atoms with van der Waals surface area (Å²) in [5.74, 6) is 1.08. The summed E-state index contributed by atoms with van der Waals surface area (Å²) >= 11 is 0. The molecule has 13 nitrogen and oxygen atoms in total. The van der Waals surface area contributed by atoms with Gasteiger partial charge in [0.15, 0.2) is 11.5 Å². The molecular formula is C36H53N5O8. The molecule has 4 rings (SSSR count). The van der Waals surface area contributed by atoms with E-state index in [0.29, 0.717) is 48.2 Å². The number of rotatable bonds is 10. The maximum atomic E-state index is 14.4. The van der Waals surface area contributed by atoms with Crippen LogP contribution in [0.4, 0.5) is 16.2 Å². The van der Waals surface area contributed by atoms with Crippen molar-refractivity contribution < 1.29 is 38.4 Å². The second-order valence-corrected chi connectivity index (χ2v) is 13.3. The lowest BCUT2D eigenvalue weighted by Crippen LogP contribution is -2.48. The minimum Gasteiger partial charge on any atom is -0.490 e. The molecule has 4 amide bonds. The van der Waals surface area contributed by atoms with Gasteiger partial charge in [-0.2, -0.15) is 0 Å². The molecule has 2 heterocycles. The van der Waals surface area contributed by atoms with Crippen LogP contribution in [0.15, 0.2) is 36.4 Å². The molecule has 0 saturated carbocycles. The van der Waals surface area contributed by atoms with Crippen LogP contribution in [0.25, 0.3) is 0 Å². The Morgan fingerprint density at radius 1 is 1.00 bits per heavy atom. The van der Waals surface area contributed by atoms with Crippen LogP contribution in [-0.4, -0.2) is 117 Å². The number of aliphatic hydroxyl groups is 1. The number of carbonyl (C=O) groups is 3. The molecule has 270 valence electrons. The number of anilines is 2. The SMILES string of the molecule is C[C@@H]1CN([C@@H](C)CO)C(=O)c2cc(NC(=O)Nc3ccc4c(c3)OCO4)ccc2O[C@@H](C)CCCCO[C@H]1CN(C)C(=O)CCCN(C)C. The summed E-state index contributed by atoms with van der Waals surface area (Å²) in [6.45, 7) is 7.63. The molecule has 0 aliphatic carbocycles. The molecule has 0 saturated heterocycles. The van der Waals surface area contributed by atoms with Crippen molar-refractivity contribution in [3.8, 4) is 17.2 Å². The van der Waals surface area contributed by atoms with E-state index < -0.39 is 12.1 Å². The molecule has 2 aliphatic heterocycles. The number of fused-ring (bicyclic) bond motifs is 2. The normalized spacial score (nSPS) is 20.5. The van der Waals surface area contributed by atoms with E-state index in [1.54, 1.807) is 60.2 Å². The topological polar surface area (TPSA) is 142 Å². The monoisotopic (exact) mass is 683 g/mol. The number of ether oxygens (including phenoxy) is 4. The van der Waals surface area contributed by atoms with Gasteiger partial charge in [0.2, 0.25) is 12.7 Å². The van der Waals surface area contributed by atoms with Crippen LogP contribution in [0, 0.1) is 5.92 Å². The highest BCUT2D eigenvalue weighted by Gasteiger charge is 2.31. The van der Waals surface area contributed by atoms with Gasteiger partial charge in [0.05, 0.1) is 30.4 Å². The van der Waals surface area contributed by atoms with Crippen LogP contribution in [0.5, 0.6) is 17.2 Å². The molecule has 4 atom stereocenters. The average Bonchev–Trinajstić information content (AvgIpc) is 3.53. The van der Waals surface area contributed by atoms with E-state index in [2.05, 4.69) is 15.5 Å². The van der Waals surface area contributed by atoms with Crippen molar-refractivity contribution in [2.75, 3.05) is 71.4 Å². The third-order valence-corrected chi connectivity index (χ3v) is 8.82. The number of aliphatic hydroxyl groups excluding tert-OH is 1. The Hall–Kier alpha value is -4.07. The molecule has 0 spiro atoms. The number of urea groups is 1. The van der Waals surface area contributed by atoms with E-state index in [-0.39, 0.29) is 55.4 Å². The van der Waals surface area contributed by atoms with Crippen molar-refractivity contribution in [3.05, 3.63) is 42.0 Å². The number of benzene rings is 2. The van der Waals surface area contributed by atoms with Gasteiger partial charge in [0.25, 0.3) is 5.91 Å². The first-order chi connectivity index (χ1) is 23.4. The molecule has 13 heteroatoms. The maximum Gasteiger partial charge on any atom is 0.323 e. The van der Waals surface area contributed by atoms with E-state index in [0.717, 1.165) is 32.2 Å². The number of hydrogen-bond donors (Lipinski definition) is 3. The lowest BCUT2D eigenvalue weighted by molar-refractivity contribution is -0.132. The van der Waals surface area contributed by atoms with Crippen molar-refractivity contribution in [2.24, 2.45) is 5.92 Å². The second-order valence-electron chi connectivity index (χ2n) is 13.3. The summed E-state index contributed by atoms with van der Waals surface area (Å²) in [5.41, 5.74) is 1.17. The Kier molecular flexibility index (Phi) is 13.9. The lowest BCUT2D eigenvalue weighted by Gasteiger charge is -2.36. The first-order valence-electron chi connectivity index (χ1n) is 17.2. The number of nitrogens with one attached hydrogen (secondary N) is 2. The largest absolute Gasteiger partial charge is 0.490 e. The molecule has 0 aromatic heterocycles. The third kappa shape index (κ3) is 11.0. The van der Waals surface area contributed by atoms with Crippen molar-refractivity contribution >= 4 is 29.2 Å². The smallest absolute Gasteiger partial charge is 0.323 e. The first kappa shape index (κ1) is 37.7. The minimum absolute atomic E-state index is 0.0520. The zero-order chi connectivity index (χ0) is 35.5.